The van der Waals surface area contributed by atoms with E-state index in [4.69, 9.17) is 13.9 Å². The summed E-state index contributed by atoms with van der Waals surface area (Å²) in [5, 5.41) is 0.321. The van der Waals surface area contributed by atoms with Crippen LogP contribution in [0.4, 0.5) is 0 Å². The number of methoxy groups -OCH3 is 2. The van der Waals surface area contributed by atoms with E-state index in [1.807, 2.05) is 0 Å². The third-order valence-corrected chi connectivity index (χ3v) is 2.52. The van der Waals surface area contributed by atoms with Crippen LogP contribution in [-0.2, 0) is 9.53 Å². The normalized spacial score (nSPS) is 10.2. The quantitative estimate of drug-likeness (QED) is 0.776. The van der Waals surface area contributed by atoms with Gasteiger partial charge in [0, 0.05) is 0 Å². The van der Waals surface area contributed by atoms with Gasteiger partial charge in [-0.15, -0.1) is 0 Å². The number of benzene rings is 1. The molecular weight excluding hydrogens is 252 g/mol. The van der Waals surface area contributed by atoms with Crippen LogP contribution in [0, 0.1) is 0 Å². The molecule has 0 spiro atoms. The lowest BCUT2D eigenvalue weighted by atomic mass is 10.2. The molecule has 2 aromatic rings. The van der Waals surface area contributed by atoms with Gasteiger partial charge in [0.25, 0.3) is 0 Å². The summed E-state index contributed by atoms with van der Waals surface area (Å²) in [6.45, 7) is -0.350. The van der Waals surface area contributed by atoms with E-state index in [2.05, 4.69) is 4.74 Å². The van der Waals surface area contributed by atoms with Crippen molar-refractivity contribution in [2.45, 2.75) is 0 Å². The lowest BCUT2D eigenvalue weighted by Crippen LogP contribution is -2.16. The second kappa shape index (κ2) is 5.43. The Morgan fingerprint density at radius 2 is 2.05 bits per heavy atom. The van der Waals surface area contributed by atoms with Crippen molar-refractivity contribution in [3.8, 4) is 11.5 Å². The van der Waals surface area contributed by atoms with E-state index in [1.165, 1.54) is 14.2 Å². The molecule has 0 fully saturated rings. The highest BCUT2D eigenvalue weighted by molar-refractivity contribution is 5.83. The number of esters is 1. The molecule has 0 amide bonds. The molecule has 0 radical (unpaired) electrons. The molecule has 1 heterocycles. The summed E-state index contributed by atoms with van der Waals surface area (Å²) in [6, 6.07) is 4.94. The second-order valence-electron chi connectivity index (χ2n) is 3.63. The zero-order valence-corrected chi connectivity index (χ0v) is 10.5. The monoisotopic (exact) mass is 264 g/mol. The molecule has 0 N–H and O–H groups in total. The number of carbonyl (C=O) groups excluding carboxylic acids is 1. The van der Waals surface area contributed by atoms with Gasteiger partial charge < -0.3 is 18.6 Å². The van der Waals surface area contributed by atoms with Gasteiger partial charge in [0.2, 0.25) is 11.2 Å². The van der Waals surface area contributed by atoms with E-state index in [1.54, 1.807) is 18.2 Å². The highest BCUT2D eigenvalue weighted by Crippen LogP contribution is 2.24. The van der Waals surface area contributed by atoms with E-state index in [9.17, 15) is 9.59 Å². The standard InChI is InChI=1S/C13H12O6/c1-16-9-5-3-4-8-12(15)10(6-19-13(8)9)18-7-11(14)17-2/h3-6H,7H2,1-2H3. The molecular formula is C13H12O6. The predicted octanol–water partition coefficient (Wildman–Crippen LogP) is 1.35. The summed E-state index contributed by atoms with van der Waals surface area (Å²) in [6.07, 6.45) is 1.15. The second-order valence-corrected chi connectivity index (χ2v) is 3.63. The average Bonchev–Trinajstić information content (AvgIpc) is 2.45. The van der Waals surface area contributed by atoms with Gasteiger partial charge in [0.05, 0.1) is 19.6 Å². The van der Waals surface area contributed by atoms with Crippen molar-refractivity contribution in [2.75, 3.05) is 20.8 Å². The summed E-state index contributed by atoms with van der Waals surface area (Å²) in [4.78, 5) is 23.1. The molecule has 19 heavy (non-hydrogen) atoms. The maximum absolute atomic E-state index is 12.1. The Bertz CT molecular complexity index is 658. The van der Waals surface area contributed by atoms with Crippen molar-refractivity contribution in [3.05, 3.63) is 34.7 Å². The molecule has 0 aliphatic heterocycles. The predicted molar refractivity (Wildman–Crippen MR) is 66.5 cm³/mol. The zero-order chi connectivity index (χ0) is 13.8. The lowest BCUT2D eigenvalue weighted by molar-refractivity contribution is -0.142. The molecule has 2 rings (SSSR count). The molecule has 0 aliphatic carbocycles. The van der Waals surface area contributed by atoms with Crippen molar-refractivity contribution in [1.82, 2.24) is 0 Å². The maximum atomic E-state index is 12.1. The molecule has 0 atom stereocenters. The van der Waals surface area contributed by atoms with E-state index < -0.39 is 5.97 Å². The van der Waals surface area contributed by atoms with Gasteiger partial charge in [0.1, 0.15) is 6.26 Å². The van der Waals surface area contributed by atoms with E-state index in [-0.39, 0.29) is 17.8 Å². The minimum absolute atomic E-state index is 0.0499. The Kier molecular flexibility index (Phi) is 3.70. The van der Waals surface area contributed by atoms with Gasteiger partial charge >= 0.3 is 5.97 Å². The van der Waals surface area contributed by atoms with Gasteiger partial charge in [-0.2, -0.15) is 0 Å². The van der Waals surface area contributed by atoms with Gasteiger partial charge in [-0.25, -0.2) is 4.79 Å². The Labute approximate surface area is 108 Å². The smallest absolute Gasteiger partial charge is 0.343 e. The van der Waals surface area contributed by atoms with E-state index in [0.717, 1.165) is 6.26 Å². The zero-order valence-electron chi connectivity index (χ0n) is 10.5. The fraction of sp³-hybridized carbons (Fsp3) is 0.231. The average molecular weight is 264 g/mol. The van der Waals surface area contributed by atoms with Crippen LogP contribution in [-0.4, -0.2) is 26.8 Å². The first-order valence-electron chi connectivity index (χ1n) is 5.45. The summed E-state index contributed by atoms with van der Waals surface area (Å²) in [5.41, 5.74) is -0.0375. The Morgan fingerprint density at radius 1 is 1.26 bits per heavy atom. The number of fused-ring (bicyclic) bond motifs is 1. The van der Waals surface area contributed by atoms with Crippen molar-refractivity contribution in [2.24, 2.45) is 0 Å². The number of hydrogen-bond donors (Lipinski definition) is 0. The molecule has 6 heteroatoms. The third kappa shape index (κ3) is 2.52. The van der Waals surface area contributed by atoms with Crippen LogP contribution < -0.4 is 14.9 Å². The molecule has 6 nitrogen and oxygen atoms in total. The van der Waals surface area contributed by atoms with E-state index >= 15 is 0 Å². The summed E-state index contributed by atoms with van der Waals surface area (Å²) in [5.74, 6) is -0.176. The number of hydrogen-bond acceptors (Lipinski definition) is 6. The van der Waals surface area contributed by atoms with Crippen LogP contribution in [0.25, 0.3) is 11.0 Å². The van der Waals surface area contributed by atoms with E-state index in [0.29, 0.717) is 16.7 Å². The topological polar surface area (TPSA) is 75.0 Å². The van der Waals surface area contributed by atoms with Crippen LogP contribution in [0.3, 0.4) is 0 Å². The van der Waals surface area contributed by atoms with Crippen molar-refractivity contribution >= 4 is 16.9 Å². The number of ether oxygens (including phenoxy) is 3. The molecule has 1 aromatic carbocycles. The third-order valence-electron chi connectivity index (χ3n) is 2.52. The van der Waals surface area contributed by atoms with Gasteiger partial charge in [0.15, 0.2) is 17.9 Å². The van der Waals surface area contributed by atoms with Crippen LogP contribution in [0.1, 0.15) is 0 Å². The first kappa shape index (κ1) is 12.9. The van der Waals surface area contributed by atoms with Gasteiger partial charge in [-0.3, -0.25) is 4.79 Å². The first-order chi connectivity index (χ1) is 9.17. The molecule has 100 valence electrons. The number of carbonyl (C=O) groups is 1. The molecule has 0 saturated carbocycles. The fourth-order valence-corrected chi connectivity index (χ4v) is 1.57. The Balaban J connectivity index is 2.41. The molecule has 1 aromatic heterocycles. The highest BCUT2D eigenvalue weighted by Gasteiger charge is 2.12. The van der Waals surface area contributed by atoms with Crippen molar-refractivity contribution in [3.63, 3.8) is 0 Å². The summed E-state index contributed by atoms with van der Waals surface area (Å²) in [7, 11) is 2.72. The minimum atomic E-state index is -0.579. The van der Waals surface area contributed by atoms with Gasteiger partial charge in [-0.1, -0.05) is 6.07 Å². The SMILES string of the molecule is COC(=O)COc1coc2c(OC)cccc2c1=O. The van der Waals surface area contributed by atoms with Crippen molar-refractivity contribution in [1.29, 1.82) is 0 Å². The first-order valence-corrected chi connectivity index (χ1v) is 5.45. The molecule has 0 bridgehead atoms. The maximum Gasteiger partial charge on any atom is 0.343 e. The van der Waals surface area contributed by atoms with Crippen LogP contribution in [0.2, 0.25) is 0 Å². The number of para-hydroxylation sites is 1. The highest BCUT2D eigenvalue weighted by atomic mass is 16.6. The van der Waals surface area contributed by atoms with Crippen LogP contribution in [0.15, 0.2) is 33.7 Å². The van der Waals surface area contributed by atoms with Crippen LogP contribution in [0.5, 0.6) is 11.5 Å². The van der Waals surface area contributed by atoms with Crippen molar-refractivity contribution < 1.29 is 23.4 Å². The lowest BCUT2D eigenvalue weighted by Gasteiger charge is -2.06. The Hall–Kier alpha value is -2.50. The van der Waals surface area contributed by atoms with Crippen LogP contribution >= 0.6 is 0 Å². The molecule has 0 unspecified atom stereocenters. The minimum Gasteiger partial charge on any atom is -0.493 e. The fourth-order valence-electron chi connectivity index (χ4n) is 1.57. The largest absolute Gasteiger partial charge is 0.493 e. The molecule has 0 aliphatic rings. The summed E-state index contributed by atoms with van der Waals surface area (Å²) < 4.78 is 19.9. The Morgan fingerprint density at radius 3 is 2.74 bits per heavy atom. The number of rotatable bonds is 4. The van der Waals surface area contributed by atoms with Gasteiger partial charge in [-0.05, 0) is 12.1 Å². The molecule has 0 saturated heterocycles. The summed E-state index contributed by atoms with van der Waals surface area (Å²) >= 11 is 0.